The number of rotatable bonds is 5. The number of benzene rings is 1. The van der Waals surface area contributed by atoms with Gasteiger partial charge in [-0.05, 0) is 26.0 Å². The van der Waals surface area contributed by atoms with Gasteiger partial charge in [-0.1, -0.05) is 6.07 Å². The Labute approximate surface area is 189 Å². The van der Waals surface area contributed by atoms with Gasteiger partial charge < -0.3 is 29.5 Å². The van der Waals surface area contributed by atoms with Gasteiger partial charge in [0.15, 0.2) is 0 Å². The summed E-state index contributed by atoms with van der Waals surface area (Å²) in [5, 5.41) is 2.98. The maximum atomic E-state index is 13.0. The highest BCUT2D eigenvalue weighted by atomic mass is 16.5. The summed E-state index contributed by atoms with van der Waals surface area (Å²) < 4.78 is 10.7. The summed E-state index contributed by atoms with van der Waals surface area (Å²) in [6.45, 7) is 8.31. The Balaban J connectivity index is 1.58. The molecule has 9 heteroatoms. The van der Waals surface area contributed by atoms with E-state index in [1.165, 1.54) is 0 Å². The Morgan fingerprint density at radius 2 is 2.00 bits per heavy atom. The third-order valence-corrected chi connectivity index (χ3v) is 6.04. The van der Waals surface area contributed by atoms with Gasteiger partial charge in [0.1, 0.15) is 11.6 Å². The summed E-state index contributed by atoms with van der Waals surface area (Å²) >= 11 is 0. The number of fused-ring (bicyclic) bond motifs is 1. The molecule has 32 heavy (non-hydrogen) atoms. The van der Waals surface area contributed by atoms with E-state index in [9.17, 15) is 4.79 Å². The highest BCUT2D eigenvalue weighted by Crippen LogP contribution is 2.30. The first-order chi connectivity index (χ1) is 15.5. The summed E-state index contributed by atoms with van der Waals surface area (Å²) in [4.78, 5) is 29.0. The Morgan fingerprint density at radius 3 is 2.72 bits per heavy atom. The maximum Gasteiger partial charge on any atom is 0.322 e. The molecule has 1 fully saturated rings. The zero-order valence-electron chi connectivity index (χ0n) is 19.3. The molecule has 2 aliphatic rings. The number of urea groups is 1. The largest absolute Gasteiger partial charge is 0.497 e. The highest BCUT2D eigenvalue weighted by Gasteiger charge is 2.29. The summed E-state index contributed by atoms with van der Waals surface area (Å²) in [5.74, 6) is 2.35. The normalized spacial score (nSPS) is 16.0. The molecule has 2 aliphatic heterocycles. The molecular weight excluding hydrogens is 408 g/mol. The molecule has 1 aromatic heterocycles. The lowest BCUT2D eigenvalue weighted by Gasteiger charge is -2.35. The Kier molecular flexibility index (Phi) is 6.64. The number of nitrogens with one attached hydrogen (secondary N) is 1. The average Bonchev–Trinajstić information content (AvgIpc) is 2.83. The van der Waals surface area contributed by atoms with E-state index in [-0.39, 0.29) is 12.1 Å². The molecule has 2 aromatic rings. The van der Waals surface area contributed by atoms with Gasteiger partial charge in [0.2, 0.25) is 5.95 Å². The van der Waals surface area contributed by atoms with Gasteiger partial charge in [0.25, 0.3) is 0 Å². The number of anilines is 3. The first-order valence-electron chi connectivity index (χ1n) is 11.1. The van der Waals surface area contributed by atoms with Crippen LogP contribution in [-0.2, 0) is 17.7 Å². The summed E-state index contributed by atoms with van der Waals surface area (Å²) in [5.41, 5.74) is 2.75. The van der Waals surface area contributed by atoms with Crippen molar-refractivity contribution in [2.45, 2.75) is 32.9 Å². The van der Waals surface area contributed by atoms with Crippen LogP contribution in [0.3, 0.4) is 0 Å². The minimum absolute atomic E-state index is 0.140. The summed E-state index contributed by atoms with van der Waals surface area (Å²) in [6.07, 6.45) is 0.694. The van der Waals surface area contributed by atoms with Crippen LogP contribution in [0.5, 0.6) is 5.75 Å². The van der Waals surface area contributed by atoms with E-state index < -0.39 is 0 Å². The number of nitrogens with zero attached hydrogens (tertiary/aromatic N) is 5. The fraction of sp³-hybridized carbons (Fsp3) is 0.522. The quantitative estimate of drug-likeness (QED) is 0.765. The van der Waals surface area contributed by atoms with Gasteiger partial charge in [-0.2, -0.15) is 4.98 Å². The predicted molar refractivity (Wildman–Crippen MR) is 125 cm³/mol. The topological polar surface area (TPSA) is 83.1 Å². The van der Waals surface area contributed by atoms with Gasteiger partial charge in [-0.3, -0.25) is 0 Å². The third kappa shape index (κ3) is 4.72. The zero-order chi connectivity index (χ0) is 22.7. The highest BCUT2D eigenvalue weighted by molar-refractivity contribution is 5.89. The van der Waals surface area contributed by atoms with E-state index in [1.807, 2.05) is 36.2 Å². The first kappa shape index (κ1) is 22.1. The van der Waals surface area contributed by atoms with Crippen LogP contribution in [0.2, 0.25) is 0 Å². The minimum atomic E-state index is -0.140. The van der Waals surface area contributed by atoms with E-state index in [4.69, 9.17) is 19.4 Å². The van der Waals surface area contributed by atoms with Crippen LogP contribution >= 0.6 is 0 Å². The lowest BCUT2D eigenvalue weighted by molar-refractivity contribution is 0.122. The van der Waals surface area contributed by atoms with Crippen molar-refractivity contribution in [1.29, 1.82) is 0 Å². The van der Waals surface area contributed by atoms with E-state index in [2.05, 4.69) is 29.0 Å². The van der Waals surface area contributed by atoms with Crippen LogP contribution < -0.4 is 19.9 Å². The van der Waals surface area contributed by atoms with Crippen LogP contribution in [0.4, 0.5) is 22.2 Å². The molecule has 0 radical (unpaired) electrons. The zero-order valence-corrected chi connectivity index (χ0v) is 19.3. The van der Waals surface area contributed by atoms with Crippen LogP contribution in [0.25, 0.3) is 0 Å². The number of methoxy groups -OCH3 is 1. The molecule has 0 aliphatic carbocycles. The van der Waals surface area contributed by atoms with Crippen molar-refractivity contribution in [3.8, 4) is 5.75 Å². The Morgan fingerprint density at radius 1 is 1.22 bits per heavy atom. The second kappa shape index (κ2) is 9.60. The van der Waals surface area contributed by atoms with E-state index in [0.717, 1.165) is 36.1 Å². The van der Waals surface area contributed by atoms with Crippen LogP contribution in [0.1, 0.15) is 25.1 Å². The monoisotopic (exact) mass is 440 g/mol. The summed E-state index contributed by atoms with van der Waals surface area (Å²) in [6, 6.07) is 7.51. The van der Waals surface area contributed by atoms with Crippen LogP contribution in [0.15, 0.2) is 24.3 Å². The molecule has 0 spiro atoms. The van der Waals surface area contributed by atoms with Gasteiger partial charge >= 0.3 is 6.03 Å². The summed E-state index contributed by atoms with van der Waals surface area (Å²) in [7, 11) is 3.66. The van der Waals surface area contributed by atoms with Crippen molar-refractivity contribution < 1.29 is 14.3 Å². The molecule has 1 saturated heterocycles. The number of carbonyl (C=O) groups excluding carboxylic acids is 1. The molecule has 9 nitrogen and oxygen atoms in total. The minimum Gasteiger partial charge on any atom is -0.497 e. The first-order valence-corrected chi connectivity index (χ1v) is 11.1. The van der Waals surface area contributed by atoms with Crippen LogP contribution in [-0.4, -0.2) is 73.9 Å². The average molecular weight is 441 g/mol. The number of amides is 2. The van der Waals surface area contributed by atoms with Gasteiger partial charge in [0, 0.05) is 56.5 Å². The lowest BCUT2D eigenvalue weighted by Crippen LogP contribution is -2.42. The van der Waals surface area contributed by atoms with Gasteiger partial charge in [0.05, 0.1) is 32.6 Å². The van der Waals surface area contributed by atoms with E-state index in [0.29, 0.717) is 44.2 Å². The van der Waals surface area contributed by atoms with E-state index >= 15 is 0 Å². The SMILES string of the molecule is COc1cccc(NC(=O)N2CCc3nc(N4CCOCC4)nc(N(C)C(C)C)c3C2)c1. The Bertz CT molecular complexity index is 961. The molecule has 4 rings (SSSR count). The molecule has 0 atom stereocenters. The van der Waals surface area contributed by atoms with Crippen LogP contribution in [0, 0.1) is 0 Å². The van der Waals surface area contributed by atoms with Crippen molar-refractivity contribution in [2.75, 3.05) is 62.1 Å². The predicted octanol–water partition coefficient (Wildman–Crippen LogP) is 2.76. The maximum absolute atomic E-state index is 13.0. The molecular formula is C23H32N6O3. The number of ether oxygens (including phenoxy) is 2. The molecule has 0 bridgehead atoms. The second-order valence-corrected chi connectivity index (χ2v) is 8.41. The van der Waals surface area contributed by atoms with Crippen molar-refractivity contribution in [3.63, 3.8) is 0 Å². The number of hydrogen-bond donors (Lipinski definition) is 1. The molecule has 0 unspecified atom stereocenters. The van der Waals surface area contributed by atoms with Crippen molar-refractivity contribution >= 4 is 23.5 Å². The fourth-order valence-electron chi connectivity index (χ4n) is 3.90. The number of aromatic nitrogens is 2. The van der Waals surface area contributed by atoms with Gasteiger partial charge in [-0.15, -0.1) is 0 Å². The van der Waals surface area contributed by atoms with Gasteiger partial charge in [-0.25, -0.2) is 9.78 Å². The molecule has 0 saturated carbocycles. The van der Waals surface area contributed by atoms with Crippen molar-refractivity contribution in [2.24, 2.45) is 0 Å². The fourth-order valence-corrected chi connectivity index (χ4v) is 3.90. The number of morpholine rings is 1. The van der Waals surface area contributed by atoms with Crippen molar-refractivity contribution in [1.82, 2.24) is 14.9 Å². The smallest absolute Gasteiger partial charge is 0.322 e. The lowest BCUT2D eigenvalue weighted by atomic mass is 10.1. The number of hydrogen-bond acceptors (Lipinski definition) is 7. The van der Waals surface area contributed by atoms with Crippen molar-refractivity contribution in [3.05, 3.63) is 35.5 Å². The number of carbonyl (C=O) groups is 1. The van der Waals surface area contributed by atoms with E-state index in [1.54, 1.807) is 7.11 Å². The third-order valence-electron chi connectivity index (χ3n) is 6.04. The molecule has 1 aromatic carbocycles. The Hall–Kier alpha value is -3.07. The second-order valence-electron chi connectivity index (χ2n) is 8.41. The standard InChI is InChI=1S/C23H32N6O3/c1-16(2)27(3)21-19-15-29(23(30)24-17-6-5-7-18(14-17)31-4)9-8-20(19)25-22(26-21)28-10-12-32-13-11-28/h5-7,14,16H,8-13,15H2,1-4H3,(H,24,30). The molecule has 1 N–H and O–H groups in total. The molecule has 3 heterocycles. The molecule has 2 amide bonds. The molecule has 172 valence electrons.